The van der Waals surface area contributed by atoms with Crippen molar-refractivity contribution >= 4 is 0 Å². The van der Waals surface area contributed by atoms with Gasteiger partial charge < -0.3 is 4.74 Å². The van der Waals surface area contributed by atoms with Gasteiger partial charge in [0.05, 0.1) is 18.8 Å². The summed E-state index contributed by atoms with van der Waals surface area (Å²) in [6, 6.07) is 5.90. The molecular weight excluding hydrogens is 202 g/mol. The number of hydrogen-bond donors (Lipinski definition) is 0. The molecule has 0 amide bonds. The fraction of sp³-hybridized carbons (Fsp3) is 0.333. The van der Waals surface area contributed by atoms with Crippen LogP contribution in [0.15, 0.2) is 30.6 Å². The highest BCUT2D eigenvalue weighted by molar-refractivity contribution is 5.25. The predicted octanol–water partition coefficient (Wildman–Crippen LogP) is 2.03. The van der Waals surface area contributed by atoms with Crippen molar-refractivity contribution < 1.29 is 4.74 Å². The van der Waals surface area contributed by atoms with Crippen LogP contribution in [-0.4, -0.2) is 21.4 Å². The standard InChI is InChI=1S/C12H15N3O/c1-3-16-12-11(5-4-7-13-12)9-15-8-6-10(2)14-15/h4-8H,3,9H2,1-2H3. The Morgan fingerprint density at radius 2 is 2.25 bits per heavy atom. The van der Waals surface area contributed by atoms with Gasteiger partial charge in [-0.15, -0.1) is 0 Å². The minimum atomic E-state index is 0.627. The van der Waals surface area contributed by atoms with Crippen molar-refractivity contribution in [2.24, 2.45) is 0 Å². The maximum absolute atomic E-state index is 5.46. The van der Waals surface area contributed by atoms with Gasteiger partial charge in [-0.1, -0.05) is 6.07 Å². The van der Waals surface area contributed by atoms with E-state index in [1.165, 1.54) is 0 Å². The molecule has 0 aliphatic carbocycles. The van der Waals surface area contributed by atoms with Crippen molar-refractivity contribution in [3.05, 3.63) is 41.9 Å². The lowest BCUT2D eigenvalue weighted by Gasteiger charge is -2.08. The minimum Gasteiger partial charge on any atom is -0.478 e. The molecule has 0 unspecified atom stereocenters. The van der Waals surface area contributed by atoms with Gasteiger partial charge in [0.15, 0.2) is 0 Å². The summed E-state index contributed by atoms with van der Waals surface area (Å²) < 4.78 is 7.35. The van der Waals surface area contributed by atoms with E-state index in [4.69, 9.17) is 4.74 Å². The maximum Gasteiger partial charge on any atom is 0.218 e. The molecule has 0 N–H and O–H groups in total. The second-order valence-corrected chi connectivity index (χ2v) is 3.56. The van der Waals surface area contributed by atoms with Crippen molar-refractivity contribution in [2.75, 3.05) is 6.61 Å². The number of hydrogen-bond acceptors (Lipinski definition) is 3. The number of ether oxygens (including phenoxy) is 1. The third kappa shape index (κ3) is 2.39. The first kappa shape index (κ1) is 10.7. The van der Waals surface area contributed by atoms with E-state index < -0.39 is 0 Å². The number of aromatic nitrogens is 3. The average Bonchev–Trinajstić information content (AvgIpc) is 2.67. The topological polar surface area (TPSA) is 39.9 Å². The van der Waals surface area contributed by atoms with Gasteiger partial charge in [-0.3, -0.25) is 4.68 Å². The maximum atomic E-state index is 5.46. The van der Waals surface area contributed by atoms with Crippen molar-refractivity contribution in [1.29, 1.82) is 0 Å². The normalized spacial score (nSPS) is 10.4. The van der Waals surface area contributed by atoms with Crippen LogP contribution in [0.2, 0.25) is 0 Å². The Kier molecular flexibility index (Phi) is 3.19. The van der Waals surface area contributed by atoms with Gasteiger partial charge in [0.2, 0.25) is 5.88 Å². The smallest absolute Gasteiger partial charge is 0.218 e. The summed E-state index contributed by atoms with van der Waals surface area (Å²) in [5.41, 5.74) is 2.06. The van der Waals surface area contributed by atoms with E-state index in [9.17, 15) is 0 Å². The van der Waals surface area contributed by atoms with Crippen LogP contribution in [0.4, 0.5) is 0 Å². The summed E-state index contributed by atoms with van der Waals surface area (Å²) >= 11 is 0. The van der Waals surface area contributed by atoms with Crippen LogP contribution in [-0.2, 0) is 6.54 Å². The molecule has 0 saturated heterocycles. The predicted molar refractivity (Wildman–Crippen MR) is 61.5 cm³/mol. The van der Waals surface area contributed by atoms with Gasteiger partial charge in [0.25, 0.3) is 0 Å². The number of aryl methyl sites for hydroxylation is 1. The molecule has 0 aliphatic rings. The highest BCUT2D eigenvalue weighted by Crippen LogP contribution is 2.15. The fourth-order valence-electron chi connectivity index (χ4n) is 1.54. The highest BCUT2D eigenvalue weighted by Gasteiger charge is 2.05. The minimum absolute atomic E-state index is 0.627. The lowest BCUT2D eigenvalue weighted by Crippen LogP contribution is -2.05. The van der Waals surface area contributed by atoms with E-state index in [2.05, 4.69) is 10.1 Å². The van der Waals surface area contributed by atoms with Crippen LogP contribution >= 0.6 is 0 Å². The molecule has 2 heterocycles. The Balaban J connectivity index is 2.20. The van der Waals surface area contributed by atoms with Crippen LogP contribution in [0.25, 0.3) is 0 Å². The summed E-state index contributed by atoms with van der Waals surface area (Å²) in [5.74, 6) is 0.693. The van der Waals surface area contributed by atoms with E-state index in [1.807, 2.05) is 42.9 Å². The van der Waals surface area contributed by atoms with Crippen LogP contribution in [0, 0.1) is 6.92 Å². The van der Waals surface area contributed by atoms with E-state index in [0.29, 0.717) is 19.0 Å². The van der Waals surface area contributed by atoms with Gasteiger partial charge >= 0.3 is 0 Å². The van der Waals surface area contributed by atoms with Crippen molar-refractivity contribution in [2.45, 2.75) is 20.4 Å². The van der Waals surface area contributed by atoms with E-state index >= 15 is 0 Å². The van der Waals surface area contributed by atoms with Crippen molar-refractivity contribution in [3.63, 3.8) is 0 Å². The largest absolute Gasteiger partial charge is 0.478 e. The Bertz CT molecular complexity index is 465. The summed E-state index contributed by atoms with van der Waals surface area (Å²) in [4.78, 5) is 4.21. The molecule has 4 heteroatoms. The van der Waals surface area contributed by atoms with Gasteiger partial charge in [-0.2, -0.15) is 5.10 Å². The fourth-order valence-corrected chi connectivity index (χ4v) is 1.54. The zero-order valence-corrected chi connectivity index (χ0v) is 9.55. The molecule has 0 spiro atoms. The molecule has 0 atom stereocenters. The zero-order valence-electron chi connectivity index (χ0n) is 9.55. The number of rotatable bonds is 4. The van der Waals surface area contributed by atoms with Gasteiger partial charge in [0.1, 0.15) is 0 Å². The molecule has 4 nitrogen and oxygen atoms in total. The molecule has 2 aromatic heterocycles. The second kappa shape index (κ2) is 4.79. The summed E-state index contributed by atoms with van der Waals surface area (Å²) in [6.07, 6.45) is 3.70. The molecule has 0 fully saturated rings. The molecule has 16 heavy (non-hydrogen) atoms. The lowest BCUT2D eigenvalue weighted by molar-refractivity contribution is 0.321. The Morgan fingerprint density at radius 1 is 1.38 bits per heavy atom. The van der Waals surface area contributed by atoms with Gasteiger partial charge in [0, 0.05) is 18.0 Å². The molecule has 0 radical (unpaired) electrons. The van der Waals surface area contributed by atoms with Gasteiger partial charge in [-0.25, -0.2) is 4.98 Å². The summed E-state index contributed by atoms with van der Waals surface area (Å²) in [7, 11) is 0. The number of nitrogens with zero attached hydrogens (tertiary/aromatic N) is 3. The molecule has 0 aliphatic heterocycles. The van der Waals surface area contributed by atoms with Crippen LogP contribution < -0.4 is 4.74 Å². The molecule has 84 valence electrons. The first-order chi connectivity index (χ1) is 7.79. The lowest BCUT2D eigenvalue weighted by atomic mass is 10.3. The third-order valence-corrected chi connectivity index (χ3v) is 2.24. The molecule has 0 bridgehead atoms. The Labute approximate surface area is 94.9 Å². The van der Waals surface area contributed by atoms with Crippen LogP contribution in [0.3, 0.4) is 0 Å². The molecule has 2 aromatic rings. The Morgan fingerprint density at radius 3 is 2.94 bits per heavy atom. The van der Waals surface area contributed by atoms with Gasteiger partial charge in [-0.05, 0) is 26.0 Å². The third-order valence-electron chi connectivity index (χ3n) is 2.24. The molecule has 0 saturated carbocycles. The van der Waals surface area contributed by atoms with Crippen LogP contribution in [0.5, 0.6) is 5.88 Å². The second-order valence-electron chi connectivity index (χ2n) is 3.56. The van der Waals surface area contributed by atoms with Crippen molar-refractivity contribution in [1.82, 2.24) is 14.8 Å². The average molecular weight is 217 g/mol. The van der Waals surface area contributed by atoms with E-state index in [0.717, 1.165) is 11.3 Å². The first-order valence-corrected chi connectivity index (χ1v) is 5.36. The van der Waals surface area contributed by atoms with E-state index in [-0.39, 0.29) is 0 Å². The quantitative estimate of drug-likeness (QED) is 0.786. The molecular formula is C12H15N3O. The zero-order chi connectivity index (χ0) is 11.4. The summed E-state index contributed by atoms with van der Waals surface area (Å²) in [6.45, 7) is 5.25. The van der Waals surface area contributed by atoms with Crippen LogP contribution in [0.1, 0.15) is 18.2 Å². The summed E-state index contributed by atoms with van der Waals surface area (Å²) in [5, 5.41) is 4.34. The SMILES string of the molecule is CCOc1ncccc1Cn1ccc(C)n1. The highest BCUT2D eigenvalue weighted by atomic mass is 16.5. The van der Waals surface area contributed by atoms with E-state index in [1.54, 1.807) is 6.20 Å². The molecule has 0 aromatic carbocycles. The van der Waals surface area contributed by atoms with Crippen molar-refractivity contribution in [3.8, 4) is 5.88 Å². The number of pyridine rings is 1. The first-order valence-electron chi connectivity index (χ1n) is 5.36. The molecule has 2 rings (SSSR count). The Hall–Kier alpha value is -1.84. The monoisotopic (exact) mass is 217 g/mol.